The van der Waals surface area contributed by atoms with Gasteiger partial charge in [-0.2, -0.15) is 0 Å². The normalized spacial score (nSPS) is 11.2. The molecule has 0 fully saturated rings. The Kier molecular flexibility index (Phi) is 5.71. The van der Waals surface area contributed by atoms with Crippen molar-refractivity contribution in [2.45, 2.75) is 11.3 Å². The van der Waals surface area contributed by atoms with Crippen LogP contribution in [0.1, 0.15) is 6.92 Å². The van der Waals surface area contributed by atoms with Gasteiger partial charge in [-0.05, 0) is 30.3 Å². The summed E-state index contributed by atoms with van der Waals surface area (Å²) in [7, 11) is -0.334. The van der Waals surface area contributed by atoms with Crippen LogP contribution in [0.4, 0.5) is 16.2 Å². The molecule has 1 heterocycles. The van der Waals surface area contributed by atoms with Gasteiger partial charge in [0.1, 0.15) is 11.5 Å². The Hall–Kier alpha value is -2.85. The molecule has 28 heavy (non-hydrogen) atoms. The first-order valence-electron chi connectivity index (χ1n) is 8.29. The third kappa shape index (κ3) is 4.18. The Bertz CT molecular complexity index is 1130. The van der Waals surface area contributed by atoms with Gasteiger partial charge in [0.05, 0.1) is 35.9 Å². The summed E-state index contributed by atoms with van der Waals surface area (Å²) in [6.07, 6.45) is 0. The second-order valence-corrected chi connectivity index (χ2v) is 9.19. The zero-order chi connectivity index (χ0) is 20.3. The van der Waals surface area contributed by atoms with Crippen molar-refractivity contribution in [1.29, 1.82) is 0 Å². The van der Waals surface area contributed by atoms with Crippen molar-refractivity contribution in [1.82, 2.24) is 4.98 Å². The van der Waals surface area contributed by atoms with E-state index in [1.807, 2.05) is 0 Å². The summed E-state index contributed by atoms with van der Waals surface area (Å²) in [6, 6.07) is 9.60. The molecular weight excluding hydrogens is 402 g/mol. The number of hydrogen-bond donors (Lipinski definition) is 2. The van der Waals surface area contributed by atoms with Gasteiger partial charge in [-0.15, -0.1) is 11.3 Å². The van der Waals surface area contributed by atoms with Crippen LogP contribution in [0.5, 0.6) is 11.5 Å². The summed E-state index contributed by atoms with van der Waals surface area (Å²) in [4.78, 5) is 16.5. The quantitative estimate of drug-likeness (QED) is 0.628. The van der Waals surface area contributed by atoms with Gasteiger partial charge >= 0.3 is 6.03 Å². The smallest absolute Gasteiger partial charge is 0.323 e. The molecule has 0 spiro atoms. The molecule has 0 bridgehead atoms. The number of amides is 2. The van der Waals surface area contributed by atoms with Gasteiger partial charge in [0.15, 0.2) is 0 Å². The molecule has 2 aromatic carbocycles. The molecule has 8 nitrogen and oxygen atoms in total. The largest absolute Gasteiger partial charge is 0.497 e. The molecule has 148 valence electrons. The molecule has 0 saturated heterocycles. The van der Waals surface area contributed by atoms with E-state index in [-0.39, 0.29) is 10.1 Å². The lowest BCUT2D eigenvalue weighted by atomic mass is 10.2. The van der Waals surface area contributed by atoms with Crippen molar-refractivity contribution in [3.63, 3.8) is 0 Å². The number of carbonyl (C=O) groups excluding carboxylic acids is 1. The molecule has 0 aliphatic rings. The zero-order valence-electron chi connectivity index (χ0n) is 15.5. The summed E-state index contributed by atoms with van der Waals surface area (Å²) in [6.45, 7) is 1.57. The minimum atomic E-state index is -3.37. The van der Waals surface area contributed by atoms with Crippen molar-refractivity contribution in [2.75, 3.05) is 30.6 Å². The minimum absolute atomic E-state index is 0.0112. The van der Waals surface area contributed by atoms with Crippen LogP contribution in [-0.2, 0) is 9.84 Å². The molecule has 0 aliphatic carbocycles. The molecular formula is C18H19N3O5S2. The average Bonchev–Trinajstić information content (AvgIpc) is 3.12. The number of nitrogens with one attached hydrogen (secondary N) is 2. The molecule has 10 heteroatoms. The van der Waals surface area contributed by atoms with Gasteiger partial charge in [0, 0.05) is 11.8 Å². The van der Waals surface area contributed by atoms with Crippen molar-refractivity contribution in [2.24, 2.45) is 0 Å². The van der Waals surface area contributed by atoms with E-state index in [4.69, 9.17) is 9.47 Å². The summed E-state index contributed by atoms with van der Waals surface area (Å²) in [5.41, 5.74) is 1.53. The van der Waals surface area contributed by atoms with E-state index in [9.17, 15) is 13.2 Å². The summed E-state index contributed by atoms with van der Waals surface area (Å²) in [5, 5.41) is 5.42. The Labute approximate surface area is 166 Å². The Morgan fingerprint density at radius 1 is 1.11 bits per heavy atom. The third-order valence-electron chi connectivity index (χ3n) is 3.93. The highest BCUT2D eigenvalue weighted by Gasteiger charge is 2.17. The number of methoxy groups -OCH3 is 2. The number of carbonyl (C=O) groups is 1. The number of rotatable bonds is 6. The molecule has 0 unspecified atom stereocenters. The summed E-state index contributed by atoms with van der Waals surface area (Å²) < 4.78 is 35.1. The maximum Gasteiger partial charge on any atom is 0.323 e. The average molecular weight is 422 g/mol. The Morgan fingerprint density at radius 3 is 2.57 bits per heavy atom. The molecule has 0 radical (unpaired) electrons. The number of sulfone groups is 1. The van der Waals surface area contributed by atoms with Gasteiger partial charge in [-0.1, -0.05) is 6.92 Å². The minimum Gasteiger partial charge on any atom is -0.497 e. The maximum atomic E-state index is 12.4. The number of hydrogen-bond acceptors (Lipinski definition) is 7. The second kappa shape index (κ2) is 8.03. The van der Waals surface area contributed by atoms with Crippen LogP contribution >= 0.6 is 11.3 Å². The van der Waals surface area contributed by atoms with Crippen LogP contribution in [0.15, 0.2) is 40.7 Å². The van der Waals surface area contributed by atoms with Gasteiger partial charge in [0.2, 0.25) is 14.2 Å². The third-order valence-corrected chi connectivity index (χ3v) is 7.14. The van der Waals surface area contributed by atoms with E-state index in [0.29, 0.717) is 33.1 Å². The first-order valence-corrected chi connectivity index (χ1v) is 10.8. The fraction of sp³-hybridized carbons (Fsp3) is 0.222. The van der Waals surface area contributed by atoms with Crippen LogP contribution in [-0.4, -0.2) is 39.4 Å². The number of thiazole rings is 1. The number of benzene rings is 2. The fourth-order valence-corrected chi connectivity index (χ4v) is 4.79. The summed E-state index contributed by atoms with van der Waals surface area (Å²) >= 11 is 1.08. The predicted molar refractivity (Wildman–Crippen MR) is 110 cm³/mol. The molecule has 2 amide bonds. The van der Waals surface area contributed by atoms with E-state index in [1.165, 1.54) is 14.2 Å². The van der Waals surface area contributed by atoms with E-state index in [2.05, 4.69) is 15.6 Å². The lowest BCUT2D eigenvalue weighted by molar-refractivity contribution is 0.262. The van der Waals surface area contributed by atoms with Crippen molar-refractivity contribution >= 4 is 48.8 Å². The fourth-order valence-electron chi connectivity index (χ4n) is 2.43. The molecule has 3 rings (SSSR count). The highest BCUT2D eigenvalue weighted by atomic mass is 32.2. The van der Waals surface area contributed by atoms with Gasteiger partial charge in [-0.25, -0.2) is 18.2 Å². The first kappa shape index (κ1) is 19.9. The lowest BCUT2D eigenvalue weighted by Crippen LogP contribution is -2.19. The number of anilines is 2. The molecule has 1 aromatic heterocycles. The number of nitrogens with zero attached hydrogens (tertiary/aromatic N) is 1. The predicted octanol–water partition coefficient (Wildman–Crippen LogP) is 3.75. The number of fused-ring (bicyclic) bond motifs is 1. The van der Waals surface area contributed by atoms with Crippen LogP contribution in [0, 0.1) is 0 Å². The second-order valence-electron chi connectivity index (χ2n) is 5.71. The molecule has 0 saturated carbocycles. The van der Waals surface area contributed by atoms with Gasteiger partial charge < -0.3 is 20.1 Å². The van der Waals surface area contributed by atoms with E-state index < -0.39 is 15.9 Å². The van der Waals surface area contributed by atoms with Crippen LogP contribution in [0.2, 0.25) is 0 Å². The first-order chi connectivity index (χ1) is 13.4. The van der Waals surface area contributed by atoms with Gasteiger partial charge in [0.25, 0.3) is 0 Å². The number of urea groups is 1. The lowest BCUT2D eigenvalue weighted by Gasteiger charge is -2.12. The van der Waals surface area contributed by atoms with Crippen LogP contribution in [0.25, 0.3) is 10.2 Å². The Balaban J connectivity index is 1.80. The number of aromatic nitrogens is 1. The van der Waals surface area contributed by atoms with E-state index >= 15 is 0 Å². The summed E-state index contributed by atoms with van der Waals surface area (Å²) in [5.74, 6) is 1.05. The molecule has 3 aromatic rings. The Morgan fingerprint density at radius 2 is 1.89 bits per heavy atom. The van der Waals surface area contributed by atoms with Crippen molar-refractivity contribution < 1.29 is 22.7 Å². The monoisotopic (exact) mass is 421 g/mol. The topological polar surface area (TPSA) is 107 Å². The maximum absolute atomic E-state index is 12.4. The van der Waals surface area contributed by atoms with E-state index in [1.54, 1.807) is 43.3 Å². The van der Waals surface area contributed by atoms with E-state index in [0.717, 1.165) is 11.3 Å². The van der Waals surface area contributed by atoms with Gasteiger partial charge in [-0.3, -0.25) is 0 Å². The van der Waals surface area contributed by atoms with Crippen LogP contribution in [0.3, 0.4) is 0 Å². The molecule has 0 aliphatic heterocycles. The highest BCUT2D eigenvalue weighted by Crippen LogP contribution is 2.30. The van der Waals surface area contributed by atoms with Crippen LogP contribution < -0.4 is 20.1 Å². The molecule has 0 atom stereocenters. The highest BCUT2D eigenvalue weighted by molar-refractivity contribution is 7.93. The SMILES string of the molecule is CCS(=O)(=O)c1nc2ccc(NC(=O)Nc3cc(OC)ccc3OC)cc2s1. The van der Waals surface area contributed by atoms with Crippen molar-refractivity contribution in [3.8, 4) is 11.5 Å². The standard InChI is InChI=1S/C18H19N3O5S2/c1-4-28(23,24)18-21-13-7-5-11(9-16(13)27-18)19-17(22)20-14-10-12(25-2)6-8-15(14)26-3/h5-10H,4H2,1-3H3,(H2,19,20,22). The van der Waals surface area contributed by atoms with Crippen molar-refractivity contribution in [3.05, 3.63) is 36.4 Å². The zero-order valence-corrected chi connectivity index (χ0v) is 17.1. The molecule has 2 N–H and O–H groups in total. The number of ether oxygens (including phenoxy) is 2.